The number of nitrogens with one attached hydrogen (secondary N) is 4. The molecule has 0 unspecified atom stereocenters. The average Bonchev–Trinajstić information content (AvgIpc) is 3.96. The van der Waals surface area contributed by atoms with E-state index in [9.17, 15) is 19.2 Å². The summed E-state index contributed by atoms with van der Waals surface area (Å²) in [6.07, 6.45) is 3.50. The van der Waals surface area contributed by atoms with Crippen molar-refractivity contribution >= 4 is 47.2 Å². The largest absolute Gasteiger partial charge is 0.453 e. The van der Waals surface area contributed by atoms with Crippen LogP contribution >= 0.6 is 23.2 Å². The monoisotopic (exact) mass is 830 g/mol. The van der Waals surface area contributed by atoms with Crippen molar-refractivity contribution in [2.24, 2.45) is 17.8 Å². The first kappa shape index (κ1) is 38.4. The average molecular weight is 832 g/mol. The number of imidazole rings is 2. The Morgan fingerprint density at radius 1 is 0.741 bits per heavy atom. The minimum atomic E-state index is -0.715. The molecule has 2 aliphatic carbocycles. The zero-order chi connectivity index (χ0) is 40.2. The lowest BCUT2D eigenvalue weighted by molar-refractivity contribution is -0.138. The Morgan fingerprint density at radius 3 is 1.74 bits per heavy atom. The van der Waals surface area contributed by atoms with Crippen LogP contribution in [0, 0.1) is 17.8 Å². The summed E-state index contributed by atoms with van der Waals surface area (Å²) in [5.41, 5.74) is 5.03. The molecule has 0 spiro atoms. The first-order chi connectivity index (χ1) is 28.1. The van der Waals surface area contributed by atoms with E-state index in [4.69, 9.17) is 37.7 Å². The topological polar surface area (TPSA) is 184 Å². The molecule has 3 saturated heterocycles. The first-order valence-electron chi connectivity index (χ1n) is 19.7. The molecule has 2 saturated carbocycles. The van der Waals surface area contributed by atoms with Gasteiger partial charge in [-0.05, 0) is 67.4 Å². The van der Waals surface area contributed by atoms with E-state index in [-0.39, 0.29) is 48.4 Å². The number of fused-ring (bicyclic) bond motifs is 2. The Balaban J connectivity index is 0.885. The predicted octanol–water partition coefficient (Wildman–Crippen LogP) is 6.27. The highest BCUT2D eigenvalue weighted by Gasteiger charge is 2.57. The quantitative estimate of drug-likeness (QED) is 0.143. The molecule has 4 N–H and O–H groups in total. The zero-order valence-electron chi connectivity index (χ0n) is 32.0. The Morgan fingerprint density at radius 2 is 1.22 bits per heavy atom. The number of likely N-dealkylation sites (tertiary alicyclic amines) is 2. The summed E-state index contributed by atoms with van der Waals surface area (Å²) in [6, 6.07) is 15.0. The first-order valence-corrected chi connectivity index (χ1v) is 20.5. The molecule has 0 bridgehead atoms. The number of piperidine rings is 2. The number of carbonyl (C=O) groups is 4. The smallest absolute Gasteiger partial charge is 0.407 e. The Labute approximate surface area is 344 Å². The van der Waals surface area contributed by atoms with Crippen LogP contribution in [-0.2, 0) is 23.8 Å². The van der Waals surface area contributed by atoms with E-state index in [1.54, 1.807) is 0 Å². The third-order valence-electron chi connectivity index (χ3n) is 12.5. The number of ether oxygens (including phenoxy) is 3. The molecule has 4 amide bonds. The normalized spacial score (nSPS) is 25.1. The molecule has 304 valence electrons. The summed E-state index contributed by atoms with van der Waals surface area (Å²) in [5.74, 6) is 1.68. The van der Waals surface area contributed by atoms with Crippen molar-refractivity contribution in [3.05, 3.63) is 70.5 Å². The number of nitrogens with zero attached hydrogens (tertiary/aromatic N) is 4. The second-order valence-corrected chi connectivity index (χ2v) is 16.5. The van der Waals surface area contributed by atoms with Gasteiger partial charge in [-0.1, -0.05) is 71.7 Å². The van der Waals surface area contributed by atoms with Crippen LogP contribution in [0.5, 0.6) is 0 Å². The van der Waals surface area contributed by atoms with Gasteiger partial charge in [-0.25, -0.2) is 19.6 Å². The molecular formula is C41H44Cl2N8O7. The van der Waals surface area contributed by atoms with E-state index in [0.717, 1.165) is 47.9 Å². The van der Waals surface area contributed by atoms with Crippen LogP contribution in [0.3, 0.4) is 0 Å². The van der Waals surface area contributed by atoms with Crippen LogP contribution in [0.2, 0.25) is 10.3 Å². The van der Waals surface area contributed by atoms with Gasteiger partial charge < -0.3 is 44.6 Å². The molecule has 0 radical (unpaired) electrons. The third-order valence-corrected chi connectivity index (χ3v) is 13.0. The summed E-state index contributed by atoms with van der Waals surface area (Å²) in [4.78, 5) is 71.1. The van der Waals surface area contributed by atoms with Crippen molar-refractivity contribution in [1.29, 1.82) is 0 Å². The lowest BCUT2D eigenvalue weighted by Gasteiger charge is -2.35. The highest BCUT2D eigenvalue weighted by Crippen LogP contribution is 2.55. The Hall–Kier alpha value is -5.12. The maximum Gasteiger partial charge on any atom is 0.407 e. The van der Waals surface area contributed by atoms with Crippen LogP contribution in [-0.4, -0.2) is 106 Å². The molecule has 5 heterocycles. The fraction of sp³-hybridized carbons (Fsp3) is 0.463. The second-order valence-electron chi connectivity index (χ2n) is 15.8. The number of aromatic amines is 2. The second kappa shape index (κ2) is 15.6. The van der Waals surface area contributed by atoms with Crippen molar-refractivity contribution in [2.75, 3.05) is 34.0 Å². The van der Waals surface area contributed by atoms with Gasteiger partial charge in [0.2, 0.25) is 11.8 Å². The SMILES string of the molecule is COC(=O)NCC(=O)N1[C@@H]2C[C@@H]2C[C@H]1c1nc(Cl)c(-c2ccc(-c3ccc(-c4[nH]c([C@@H]5C[C@H]6C[C@H]6N5C(=O)[C@@H](NC(=O)OC)C5CCOCC5)nc4Cl)cc3)cc2)[nH]1. The number of hydrogen-bond acceptors (Lipinski definition) is 9. The molecule has 5 aliphatic rings. The molecule has 17 heteroatoms. The number of halogens is 2. The van der Waals surface area contributed by atoms with Crippen LogP contribution in [0.4, 0.5) is 9.59 Å². The summed E-state index contributed by atoms with van der Waals surface area (Å²) in [5, 5.41) is 5.96. The number of aromatic nitrogens is 4. The van der Waals surface area contributed by atoms with E-state index in [1.807, 2.05) is 58.3 Å². The summed E-state index contributed by atoms with van der Waals surface area (Å²) < 4.78 is 15.0. The molecule has 5 fully saturated rings. The number of rotatable bonds is 10. The van der Waals surface area contributed by atoms with Gasteiger partial charge in [0.25, 0.3) is 0 Å². The van der Waals surface area contributed by atoms with E-state index < -0.39 is 18.2 Å². The number of alkyl carbamates (subject to hydrolysis) is 2. The highest BCUT2D eigenvalue weighted by molar-refractivity contribution is 6.32. The van der Waals surface area contributed by atoms with Gasteiger partial charge >= 0.3 is 12.2 Å². The van der Waals surface area contributed by atoms with E-state index in [1.165, 1.54) is 14.2 Å². The number of carbonyl (C=O) groups excluding carboxylic acids is 4. The molecule has 4 aromatic rings. The lowest BCUT2D eigenvalue weighted by Crippen LogP contribution is -2.54. The maximum absolute atomic E-state index is 14.2. The fourth-order valence-electron chi connectivity index (χ4n) is 9.26. The molecule has 58 heavy (non-hydrogen) atoms. The van der Waals surface area contributed by atoms with E-state index in [0.29, 0.717) is 71.2 Å². The van der Waals surface area contributed by atoms with Gasteiger partial charge in [-0.15, -0.1) is 0 Å². The number of benzene rings is 2. The minimum absolute atomic E-state index is 0.0535. The number of amides is 4. The van der Waals surface area contributed by atoms with Gasteiger partial charge in [-0.3, -0.25) is 9.59 Å². The molecule has 9 rings (SSSR count). The van der Waals surface area contributed by atoms with Gasteiger partial charge in [0.15, 0.2) is 10.3 Å². The Kier molecular flexibility index (Phi) is 10.3. The summed E-state index contributed by atoms with van der Waals surface area (Å²) in [6.45, 7) is 0.939. The fourth-order valence-corrected chi connectivity index (χ4v) is 9.75. The van der Waals surface area contributed by atoms with Gasteiger partial charge in [0.1, 0.15) is 24.2 Å². The number of methoxy groups -OCH3 is 2. The predicted molar refractivity (Wildman–Crippen MR) is 213 cm³/mol. The molecule has 2 aromatic heterocycles. The van der Waals surface area contributed by atoms with Crippen LogP contribution < -0.4 is 10.6 Å². The molecule has 3 aliphatic heterocycles. The summed E-state index contributed by atoms with van der Waals surface area (Å²) in [7, 11) is 2.56. The highest BCUT2D eigenvalue weighted by atomic mass is 35.5. The third kappa shape index (κ3) is 7.28. The number of H-pyrrole nitrogens is 2. The molecule has 7 atom stereocenters. The zero-order valence-corrected chi connectivity index (χ0v) is 33.5. The van der Waals surface area contributed by atoms with Gasteiger partial charge in [-0.2, -0.15) is 0 Å². The number of hydrogen-bond donors (Lipinski definition) is 4. The standard InChI is InChI=1S/C41H44Cl2N8O7/c1-56-40(54)44-19-31(52)50-27-15-25(27)17-29(50)37-45-32(35(42)48-37)22-7-3-20(4-8-22)21-5-9-23(10-6-21)33-36(43)49-38(46-33)30-18-26-16-28(26)51(30)39(53)34(47-41(55)57-2)24-11-13-58-14-12-24/h3-10,24-30,34H,11-19H2,1-2H3,(H,44,54)(H,45,48)(H,46,49)(H,47,55)/t25-,26-,27-,28-,29+,30+,34+/m1/s1. The van der Waals surface area contributed by atoms with E-state index >= 15 is 0 Å². The van der Waals surface area contributed by atoms with Crippen molar-refractivity contribution in [3.8, 4) is 33.6 Å². The molecule has 15 nitrogen and oxygen atoms in total. The van der Waals surface area contributed by atoms with Crippen molar-refractivity contribution in [1.82, 2.24) is 40.4 Å². The molecular weight excluding hydrogens is 787 g/mol. The maximum atomic E-state index is 14.2. The lowest BCUT2D eigenvalue weighted by atomic mass is 9.90. The van der Waals surface area contributed by atoms with Crippen LogP contribution in [0.1, 0.15) is 62.3 Å². The minimum Gasteiger partial charge on any atom is -0.453 e. The van der Waals surface area contributed by atoms with Crippen molar-refractivity contribution in [3.63, 3.8) is 0 Å². The molecule has 2 aromatic carbocycles. The van der Waals surface area contributed by atoms with Crippen LogP contribution in [0.15, 0.2) is 48.5 Å². The van der Waals surface area contributed by atoms with Crippen molar-refractivity contribution in [2.45, 2.75) is 68.7 Å². The Bertz CT molecular complexity index is 2220. The van der Waals surface area contributed by atoms with Crippen molar-refractivity contribution < 1.29 is 33.4 Å². The van der Waals surface area contributed by atoms with Crippen LogP contribution in [0.25, 0.3) is 33.6 Å². The summed E-state index contributed by atoms with van der Waals surface area (Å²) >= 11 is 13.4. The van der Waals surface area contributed by atoms with Gasteiger partial charge in [0, 0.05) is 36.4 Å². The van der Waals surface area contributed by atoms with Gasteiger partial charge in [0.05, 0.1) is 37.7 Å². The van der Waals surface area contributed by atoms with E-state index in [2.05, 4.69) is 30.3 Å².